The number of nitrogen functional groups attached to an aromatic ring is 1. The van der Waals surface area contributed by atoms with Crippen molar-refractivity contribution >= 4 is 40.2 Å². The number of nitrogens with one attached hydrogen (secondary N) is 2. The van der Waals surface area contributed by atoms with Crippen LogP contribution in [0.2, 0.25) is 0 Å². The summed E-state index contributed by atoms with van der Waals surface area (Å²) in [5.74, 6) is 0.352. The molecule has 0 aliphatic heterocycles. The highest BCUT2D eigenvalue weighted by Gasteiger charge is 2.11. The van der Waals surface area contributed by atoms with Gasteiger partial charge in [-0.1, -0.05) is 25.2 Å². The van der Waals surface area contributed by atoms with E-state index in [1.165, 1.54) is 23.1 Å². The highest BCUT2D eigenvalue weighted by atomic mass is 32.2. The van der Waals surface area contributed by atoms with Crippen molar-refractivity contribution in [3.05, 3.63) is 5.69 Å². The number of aryl methyl sites for hydroxylation is 1. The van der Waals surface area contributed by atoms with Crippen molar-refractivity contribution in [2.24, 2.45) is 5.92 Å². The van der Waals surface area contributed by atoms with E-state index in [0.29, 0.717) is 17.6 Å². The Hall–Kier alpha value is -1.28. The normalized spacial score (nSPS) is 10.6. The van der Waals surface area contributed by atoms with Gasteiger partial charge in [-0.2, -0.15) is 0 Å². The summed E-state index contributed by atoms with van der Waals surface area (Å²) in [7, 11) is 0. The Labute approximate surface area is 126 Å². The highest BCUT2D eigenvalue weighted by molar-refractivity contribution is 8.01. The van der Waals surface area contributed by atoms with Crippen molar-refractivity contribution in [1.82, 2.24) is 15.6 Å². The second-order valence-electron chi connectivity index (χ2n) is 4.70. The van der Waals surface area contributed by atoms with E-state index in [0.717, 1.165) is 16.3 Å². The molecule has 0 fully saturated rings. The van der Waals surface area contributed by atoms with Crippen molar-refractivity contribution < 1.29 is 9.59 Å². The van der Waals surface area contributed by atoms with E-state index >= 15 is 0 Å². The lowest BCUT2D eigenvalue weighted by atomic mass is 10.1. The zero-order valence-corrected chi connectivity index (χ0v) is 13.5. The first-order valence-corrected chi connectivity index (χ1v) is 8.12. The third-order valence-electron chi connectivity index (χ3n) is 2.37. The number of urea groups is 1. The van der Waals surface area contributed by atoms with Gasteiger partial charge in [0.25, 0.3) is 0 Å². The highest BCUT2D eigenvalue weighted by Crippen LogP contribution is 2.30. The third kappa shape index (κ3) is 6.25. The average molecular weight is 316 g/mol. The molecule has 1 aromatic heterocycles. The molecule has 3 amide bonds. The minimum Gasteiger partial charge on any atom is -0.375 e. The van der Waals surface area contributed by atoms with E-state index in [1.807, 2.05) is 6.92 Å². The molecule has 8 heteroatoms. The number of thiazole rings is 1. The molecule has 0 atom stereocenters. The van der Waals surface area contributed by atoms with Gasteiger partial charge in [0.1, 0.15) is 0 Å². The third-order valence-corrected chi connectivity index (χ3v) is 4.71. The van der Waals surface area contributed by atoms with E-state index in [2.05, 4.69) is 29.5 Å². The van der Waals surface area contributed by atoms with Crippen LogP contribution in [0.25, 0.3) is 0 Å². The Morgan fingerprint density at radius 3 is 2.70 bits per heavy atom. The van der Waals surface area contributed by atoms with Crippen molar-refractivity contribution in [2.45, 2.75) is 31.4 Å². The SMILES string of the molecule is Cc1nc(N)sc1SCC(=O)NC(=O)NCCC(C)C. The first-order valence-electron chi connectivity index (χ1n) is 6.32. The van der Waals surface area contributed by atoms with Crippen LogP contribution in [-0.4, -0.2) is 29.2 Å². The quantitative estimate of drug-likeness (QED) is 0.697. The van der Waals surface area contributed by atoms with Gasteiger partial charge < -0.3 is 11.1 Å². The molecular weight excluding hydrogens is 296 g/mol. The van der Waals surface area contributed by atoms with Gasteiger partial charge in [0.05, 0.1) is 15.7 Å². The summed E-state index contributed by atoms with van der Waals surface area (Å²) in [6.45, 7) is 6.55. The molecule has 0 bridgehead atoms. The van der Waals surface area contributed by atoms with Gasteiger partial charge in [-0.3, -0.25) is 10.1 Å². The molecule has 1 heterocycles. The number of hydrogen-bond donors (Lipinski definition) is 3. The lowest BCUT2D eigenvalue weighted by Crippen LogP contribution is -2.40. The number of aromatic nitrogens is 1. The van der Waals surface area contributed by atoms with E-state index in [9.17, 15) is 9.59 Å². The number of amides is 3. The number of carbonyl (C=O) groups is 2. The van der Waals surface area contributed by atoms with Gasteiger partial charge in [-0.05, 0) is 19.3 Å². The summed E-state index contributed by atoms with van der Waals surface area (Å²) in [5, 5.41) is 5.43. The molecule has 0 aliphatic carbocycles. The predicted octanol–water partition coefficient (Wildman–Crippen LogP) is 2.00. The number of nitrogens with two attached hydrogens (primary N) is 1. The average Bonchev–Trinajstić information content (AvgIpc) is 2.64. The molecule has 0 radical (unpaired) electrons. The number of thioether (sulfide) groups is 1. The van der Waals surface area contributed by atoms with Crippen LogP contribution in [0.4, 0.5) is 9.93 Å². The molecule has 0 aromatic carbocycles. The zero-order valence-electron chi connectivity index (χ0n) is 11.9. The van der Waals surface area contributed by atoms with Gasteiger partial charge in [0, 0.05) is 6.54 Å². The summed E-state index contributed by atoms with van der Waals surface area (Å²) in [6, 6.07) is -0.447. The molecule has 0 saturated heterocycles. The van der Waals surface area contributed by atoms with Crippen LogP contribution < -0.4 is 16.4 Å². The molecule has 1 rings (SSSR count). The summed E-state index contributed by atoms with van der Waals surface area (Å²) >= 11 is 2.67. The van der Waals surface area contributed by atoms with Crippen LogP contribution in [0.3, 0.4) is 0 Å². The van der Waals surface area contributed by atoms with Crippen LogP contribution in [-0.2, 0) is 4.79 Å². The second-order valence-corrected chi connectivity index (χ2v) is 6.97. The van der Waals surface area contributed by atoms with Gasteiger partial charge >= 0.3 is 6.03 Å². The van der Waals surface area contributed by atoms with Gasteiger partial charge in [-0.15, -0.1) is 11.8 Å². The monoisotopic (exact) mass is 316 g/mol. The maximum atomic E-state index is 11.6. The van der Waals surface area contributed by atoms with Crippen molar-refractivity contribution in [2.75, 3.05) is 18.0 Å². The zero-order chi connectivity index (χ0) is 15.1. The fourth-order valence-electron chi connectivity index (χ4n) is 1.35. The molecule has 0 unspecified atom stereocenters. The minimum atomic E-state index is -0.447. The number of hydrogen-bond acceptors (Lipinski definition) is 6. The molecular formula is C12H20N4O2S2. The van der Waals surface area contributed by atoms with Gasteiger partial charge in [-0.25, -0.2) is 9.78 Å². The smallest absolute Gasteiger partial charge is 0.321 e. The topological polar surface area (TPSA) is 97.1 Å². The lowest BCUT2D eigenvalue weighted by molar-refractivity contribution is -0.117. The molecule has 20 heavy (non-hydrogen) atoms. The van der Waals surface area contributed by atoms with Crippen LogP contribution in [0.15, 0.2) is 4.21 Å². The number of anilines is 1. The fraction of sp³-hybridized carbons (Fsp3) is 0.583. The van der Waals surface area contributed by atoms with E-state index in [-0.39, 0.29) is 11.7 Å². The largest absolute Gasteiger partial charge is 0.375 e. The van der Waals surface area contributed by atoms with E-state index in [1.54, 1.807) is 0 Å². The van der Waals surface area contributed by atoms with Gasteiger partial charge in [0.2, 0.25) is 5.91 Å². The number of carbonyl (C=O) groups excluding carboxylic acids is 2. The molecule has 0 spiro atoms. The Balaban J connectivity index is 2.26. The molecule has 0 saturated carbocycles. The Morgan fingerprint density at radius 1 is 1.45 bits per heavy atom. The summed E-state index contributed by atoms with van der Waals surface area (Å²) in [4.78, 5) is 27.1. The maximum absolute atomic E-state index is 11.6. The van der Waals surface area contributed by atoms with E-state index < -0.39 is 6.03 Å². The minimum absolute atomic E-state index is 0.167. The molecule has 112 valence electrons. The summed E-state index contributed by atoms with van der Waals surface area (Å²) in [5.41, 5.74) is 6.39. The van der Waals surface area contributed by atoms with Crippen LogP contribution in [0.5, 0.6) is 0 Å². The second kappa shape index (κ2) is 8.11. The lowest BCUT2D eigenvalue weighted by Gasteiger charge is -2.07. The summed E-state index contributed by atoms with van der Waals surface area (Å²) in [6.07, 6.45) is 0.885. The van der Waals surface area contributed by atoms with Crippen LogP contribution in [0.1, 0.15) is 26.0 Å². The van der Waals surface area contributed by atoms with Crippen LogP contribution in [0, 0.1) is 12.8 Å². The fourth-order valence-corrected chi connectivity index (χ4v) is 3.17. The Morgan fingerprint density at radius 2 is 2.15 bits per heavy atom. The number of imide groups is 1. The molecule has 6 nitrogen and oxygen atoms in total. The Bertz CT molecular complexity index is 474. The Kier molecular flexibility index (Phi) is 6.80. The standard InChI is InChI=1S/C12H20N4O2S2/c1-7(2)4-5-14-12(18)16-9(17)6-19-10-8(3)15-11(13)20-10/h7H,4-6H2,1-3H3,(H2,13,15)(H2,14,16,17,18). The maximum Gasteiger partial charge on any atom is 0.321 e. The molecule has 4 N–H and O–H groups in total. The molecule has 0 aliphatic rings. The molecule has 1 aromatic rings. The van der Waals surface area contributed by atoms with E-state index in [4.69, 9.17) is 5.73 Å². The van der Waals surface area contributed by atoms with Crippen LogP contribution >= 0.6 is 23.1 Å². The first kappa shape index (κ1) is 16.8. The predicted molar refractivity (Wildman–Crippen MR) is 83.0 cm³/mol. The van der Waals surface area contributed by atoms with Crippen molar-refractivity contribution in [3.8, 4) is 0 Å². The van der Waals surface area contributed by atoms with Crippen molar-refractivity contribution in [1.29, 1.82) is 0 Å². The number of rotatable bonds is 6. The number of nitrogens with zero attached hydrogens (tertiary/aromatic N) is 1. The summed E-state index contributed by atoms with van der Waals surface area (Å²) < 4.78 is 0.901. The van der Waals surface area contributed by atoms with Crippen molar-refractivity contribution in [3.63, 3.8) is 0 Å². The first-order chi connectivity index (χ1) is 9.38. The van der Waals surface area contributed by atoms with Gasteiger partial charge in [0.15, 0.2) is 5.13 Å².